The second-order valence-corrected chi connectivity index (χ2v) is 8.40. The standard InChI is InChI=1S/C22H28FN3O3S/c1-3-18-13-19(22(28)29-4-2)21(30-18)24-20(27)15-26-10-8-25(9-11-26)14-16-6-5-7-17(23)12-16/h5-7,12-13H,3-4,8-11,14-15H2,1-2H3,(H,24,27). The SMILES string of the molecule is CCOC(=O)c1cc(CC)sc1NC(=O)CN1CCN(Cc2cccc(F)c2)CC1. The number of carbonyl (C=O) groups is 2. The van der Waals surface area contributed by atoms with Gasteiger partial charge in [0.1, 0.15) is 10.8 Å². The van der Waals surface area contributed by atoms with Gasteiger partial charge in [-0.05, 0) is 37.1 Å². The summed E-state index contributed by atoms with van der Waals surface area (Å²) in [5.41, 5.74) is 1.38. The monoisotopic (exact) mass is 433 g/mol. The number of rotatable bonds is 8. The molecule has 1 aromatic heterocycles. The average molecular weight is 434 g/mol. The number of carbonyl (C=O) groups excluding carboxylic acids is 2. The van der Waals surface area contributed by atoms with Gasteiger partial charge < -0.3 is 10.1 Å². The van der Waals surface area contributed by atoms with E-state index in [4.69, 9.17) is 4.74 Å². The number of anilines is 1. The summed E-state index contributed by atoms with van der Waals surface area (Å²) in [6.45, 7) is 8.20. The Balaban J connectivity index is 1.50. The molecule has 3 rings (SSSR count). The third kappa shape index (κ3) is 6.10. The first-order chi connectivity index (χ1) is 14.5. The maximum Gasteiger partial charge on any atom is 0.341 e. The van der Waals surface area contributed by atoms with Crippen molar-refractivity contribution in [3.63, 3.8) is 0 Å². The summed E-state index contributed by atoms with van der Waals surface area (Å²) in [7, 11) is 0. The highest BCUT2D eigenvalue weighted by Crippen LogP contribution is 2.29. The van der Waals surface area contributed by atoms with Crippen LogP contribution >= 0.6 is 11.3 Å². The molecule has 1 fully saturated rings. The molecule has 0 atom stereocenters. The van der Waals surface area contributed by atoms with Gasteiger partial charge in [-0.1, -0.05) is 19.1 Å². The lowest BCUT2D eigenvalue weighted by Gasteiger charge is -2.34. The number of aryl methyl sites for hydroxylation is 1. The van der Waals surface area contributed by atoms with Crippen LogP contribution in [0.15, 0.2) is 30.3 Å². The normalized spacial score (nSPS) is 15.2. The third-order valence-corrected chi connectivity index (χ3v) is 6.20. The van der Waals surface area contributed by atoms with Crippen LogP contribution in [-0.2, 0) is 22.5 Å². The molecule has 0 aliphatic carbocycles. The highest BCUT2D eigenvalue weighted by atomic mass is 32.1. The number of ether oxygens (including phenoxy) is 1. The summed E-state index contributed by atoms with van der Waals surface area (Å²) in [6.07, 6.45) is 0.792. The topological polar surface area (TPSA) is 61.9 Å². The molecule has 1 aliphatic heterocycles. The van der Waals surface area contributed by atoms with E-state index >= 15 is 0 Å². The first-order valence-corrected chi connectivity index (χ1v) is 11.1. The lowest BCUT2D eigenvalue weighted by molar-refractivity contribution is -0.117. The number of amides is 1. The van der Waals surface area contributed by atoms with Gasteiger partial charge in [-0.3, -0.25) is 14.6 Å². The fourth-order valence-electron chi connectivity index (χ4n) is 3.44. The van der Waals surface area contributed by atoms with E-state index in [1.807, 2.05) is 13.0 Å². The van der Waals surface area contributed by atoms with Crippen molar-refractivity contribution in [1.82, 2.24) is 9.80 Å². The van der Waals surface area contributed by atoms with Crippen LogP contribution in [0.2, 0.25) is 0 Å². The molecule has 8 heteroatoms. The molecule has 0 spiro atoms. The number of nitrogens with one attached hydrogen (secondary N) is 1. The first-order valence-electron chi connectivity index (χ1n) is 10.3. The van der Waals surface area contributed by atoms with Gasteiger partial charge in [0.2, 0.25) is 5.91 Å². The van der Waals surface area contributed by atoms with E-state index in [0.717, 1.165) is 43.0 Å². The van der Waals surface area contributed by atoms with Gasteiger partial charge in [0.05, 0.1) is 18.7 Å². The molecule has 0 unspecified atom stereocenters. The summed E-state index contributed by atoms with van der Waals surface area (Å²) in [4.78, 5) is 30.1. The molecule has 1 N–H and O–H groups in total. The highest BCUT2D eigenvalue weighted by Gasteiger charge is 2.22. The van der Waals surface area contributed by atoms with Gasteiger partial charge in [-0.25, -0.2) is 9.18 Å². The first kappa shape index (κ1) is 22.4. The Bertz CT molecular complexity index is 878. The quantitative estimate of drug-likeness (QED) is 0.647. The summed E-state index contributed by atoms with van der Waals surface area (Å²) in [5, 5.41) is 3.45. The maximum atomic E-state index is 13.4. The predicted octanol–water partition coefficient (Wildman–Crippen LogP) is 3.38. The number of hydrogen-bond acceptors (Lipinski definition) is 6. The number of piperazine rings is 1. The number of esters is 1. The summed E-state index contributed by atoms with van der Waals surface area (Å²) >= 11 is 1.42. The Morgan fingerprint density at radius 1 is 1.13 bits per heavy atom. The lowest BCUT2D eigenvalue weighted by atomic mass is 10.2. The van der Waals surface area contributed by atoms with E-state index in [1.165, 1.54) is 17.4 Å². The van der Waals surface area contributed by atoms with Gasteiger partial charge in [-0.2, -0.15) is 0 Å². The van der Waals surface area contributed by atoms with Crippen LogP contribution < -0.4 is 5.32 Å². The molecular weight excluding hydrogens is 405 g/mol. The van der Waals surface area contributed by atoms with E-state index < -0.39 is 5.97 Å². The Morgan fingerprint density at radius 2 is 1.87 bits per heavy atom. The molecule has 0 bridgehead atoms. The number of benzene rings is 1. The third-order valence-electron chi connectivity index (χ3n) is 5.01. The van der Waals surface area contributed by atoms with E-state index in [2.05, 4.69) is 15.1 Å². The molecule has 1 saturated heterocycles. The smallest absolute Gasteiger partial charge is 0.341 e. The van der Waals surface area contributed by atoms with Gasteiger partial charge in [0.25, 0.3) is 0 Å². The second-order valence-electron chi connectivity index (χ2n) is 7.26. The van der Waals surface area contributed by atoms with Crippen LogP contribution in [0, 0.1) is 5.82 Å². The Labute approximate surface area is 180 Å². The number of thiophene rings is 1. The minimum atomic E-state index is -0.408. The molecule has 0 radical (unpaired) electrons. The fraction of sp³-hybridized carbons (Fsp3) is 0.455. The van der Waals surface area contributed by atoms with Crippen molar-refractivity contribution in [3.05, 3.63) is 52.2 Å². The van der Waals surface area contributed by atoms with Crippen LogP contribution in [0.3, 0.4) is 0 Å². The van der Waals surface area contributed by atoms with E-state index in [9.17, 15) is 14.0 Å². The van der Waals surface area contributed by atoms with Crippen molar-refractivity contribution in [1.29, 1.82) is 0 Å². The van der Waals surface area contributed by atoms with Crippen molar-refractivity contribution in [3.8, 4) is 0 Å². The van der Waals surface area contributed by atoms with Crippen LogP contribution in [0.25, 0.3) is 0 Å². The van der Waals surface area contributed by atoms with Gasteiger partial charge in [-0.15, -0.1) is 11.3 Å². The molecule has 2 aromatic rings. The van der Waals surface area contributed by atoms with Crippen LogP contribution in [0.4, 0.5) is 9.39 Å². The molecule has 162 valence electrons. The molecule has 6 nitrogen and oxygen atoms in total. The Kier molecular flexibility index (Phi) is 7.95. The fourth-order valence-corrected chi connectivity index (χ4v) is 4.44. The van der Waals surface area contributed by atoms with E-state index in [0.29, 0.717) is 23.7 Å². The average Bonchev–Trinajstić information content (AvgIpc) is 3.12. The van der Waals surface area contributed by atoms with Crippen LogP contribution in [-0.4, -0.2) is 61.0 Å². The summed E-state index contributed by atoms with van der Waals surface area (Å²) < 4.78 is 18.5. The zero-order valence-electron chi connectivity index (χ0n) is 17.4. The van der Waals surface area contributed by atoms with Gasteiger partial charge >= 0.3 is 5.97 Å². The Morgan fingerprint density at radius 3 is 2.53 bits per heavy atom. The van der Waals surface area contributed by atoms with Crippen molar-refractivity contribution < 1.29 is 18.7 Å². The van der Waals surface area contributed by atoms with Crippen LogP contribution in [0.5, 0.6) is 0 Å². The van der Waals surface area contributed by atoms with E-state index in [-0.39, 0.29) is 18.3 Å². The lowest BCUT2D eigenvalue weighted by Crippen LogP contribution is -2.48. The number of halogens is 1. The molecular formula is C22H28FN3O3S. The maximum absolute atomic E-state index is 13.4. The molecule has 1 aromatic carbocycles. The van der Waals surface area contributed by atoms with Crippen LogP contribution in [0.1, 0.15) is 34.6 Å². The van der Waals surface area contributed by atoms with Crippen molar-refractivity contribution in [2.24, 2.45) is 0 Å². The molecule has 1 aliphatic rings. The van der Waals surface area contributed by atoms with Gasteiger partial charge in [0.15, 0.2) is 0 Å². The second kappa shape index (κ2) is 10.7. The van der Waals surface area contributed by atoms with E-state index in [1.54, 1.807) is 25.1 Å². The molecule has 0 saturated carbocycles. The minimum Gasteiger partial charge on any atom is -0.462 e. The zero-order valence-corrected chi connectivity index (χ0v) is 18.3. The van der Waals surface area contributed by atoms with Crippen molar-refractivity contribution in [2.45, 2.75) is 26.8 Å². The number of hydrogen-bond donors (Lipinski definition) is 1. The predicted molar refractivity (Wildman–Crippen MR) is 116 cm³/mol. The zero-order chi connectivity index (χ0) is 21.5. The van der Waals surface area contributed by atoms with Crippen molar-refractivity contribution in [2.75, 3.05) is 44.6 Å². The van der Waals surface area contributed by atoms with Gasteiger partial charge in [0, 0.05) is 37.6 Å². The number of nitrogens with zero attached hydrogens (tertiary/aromatic N) is 2. The molecule has 2 heterocycles. The highest BCUT2D eigenvalue weighted by molar-refractivity contribution is 7.16. The summed E-state index contributed by atoms with van der Waals surface area (Å²) in [5.74, 6) is -0.761. The summed E-state index contributed by atoms with van der Waals surface area (Å²) in [6, 6.07) is 8.46. The van der Waals surface area contributed by atoms with Crippen molar-refractivity contribution >= 4 is 28.2 Å². The largest absolute Gasteiger partial charge is 0.462 e. The minimum absolute atomic E-state index is 0.136. The molecule has 1 amide bonds. The molecule has 30 heavy (non-hydrogen) atoms. The Hall–Kier alpha value is -2.29.